The van der Waals surface area contributed by atoms with Crippen LogP contribution in [0.15, 0.2) is 23.2 Å². The lowest BCUT2D eigenvalue weighted by molar-refractivity contribution is -0.144. The SMILES string of the molecule is COC1C=C(C2(O[Si](C)(C)C(C)(C)C)C(=O)C(OC(C)C)=C2OC(C)C)CCC1. The maximum atomic E-state index is 13.7. The van der Waals surface area contributed by atoms with Gasteiger partial charge in [0.2, 0.25) is 17.1 Å². The molecule has 0 bridgehead atoms. The average Bonchev–Trinajstić information content (AvgIpc) is 2.61. The van der Waals surface area contributed by atoms with E-state index in [0.717, 1.165) is 24.8 Å². The third-order valence-corrected chi connectivity index (χ3v) is 10.5. The Morgan fingerprint density at radius 1 is 1.10 bits per heavy atom. The van der Waals surface area contributed by atoms with E-state index in [1.54, 1.807) is 7.11 Å². The van der Waals surface area contributed by atoms with Crippen LogP contribution in [0.2, 0.25) is 18.1 Å². The van der Waals surface area contributed by atoms with Crippen LogP contribution in [0.1, 0.15) is 67.7 Å². The molecule has 2 rings (SSSR count). The van der Waals surface area contributed by atoms with Crippen LogP contribution in [0.4, 0.5) is 0 Å². The fourth-order valence-electron chi connectivity index (χ4n) is 3.53. The van der Waals surface area contributed by atoms with Crippen LogP contribution >= 0.6 is 0 Å². The van der Waals surface area contributed by atoms with Gasteiger partial charge >= 0.3 is 0 Å². The molecule has 0 radical (unpaired) electrons. The summed E-state index contributed by atoms with van der Waals surface area (Å²) in [7, 11) is -0.592. The molecule has 2 atom stereocenters. The second-order valence-corrected chi connectivity index (χ2v) is 14.9. The van der Waals surface area contributed by atoms with Crippen molar-refractivity contribution in [3.05, 3.63) is 23.2 Å². The van der Waals surface area contributed by atoms with Crippen LogP contribution in [-0.4, -0.2) is 45.1 Å². The molecule has 0 amide bonds. The molecule has 0 aromatic rings. The zero-order valence-corrected chi connectivity index (χ0v) is 21.0. The molecule has 6 heteroatoms. The maximum absolute atomic E-state index is 13.7. The van der Waals surface area contributed by atoms with E-state index in [9.17, 15) is 4.79 Å². The summed E-state index contributed by atoms with van der Waals surface area (Å²) in [5.41, 5.74) is -0.230. The number of carbonyl (C=O) groups is 1. The molecule has 0 fully saturated rings. The summed E-state index contributed by atoms with van der Waals surface area (Å²) in [6.07, 6.45) is 4.55. The van der Waals surface area contributed by atoms with E-state index >= 15 is 0 Å². The largest absolute Gasteiger partial charge is 0.487 e. The quantitative estimate of drug-likeness (QED) is 0.379. The Bertz CT molecular complexity index is 684. The highest BCUT2D eigenvalue weighted by atomic mass is 28.4. The van der Waals surface area contributed by atoms with Crippen LogP contribution < -0.4 is 0 Å². The Kier molecular flexibility index (Phi) is 7.13. The van der Waals surface area contributed by atoms with Gasteiger partial charge < -0.3 is 18.6 Å². The van der Waals surface area contributed by atoms with E-state index in [1.165, 1.54) is 0 Å². The summed E-state index contributed by atoms with van der Waals surface area (Å²) >= 11 is 0. The number of hydrogen-bond donors (Lipinski definition) is 0. The van der Waals surface area contributed by atoms with E-state index in [1.807, 2.05) is 27.7 Å². The van der Waals surface area contributed by atoms with E-state index in [0.29, 0.717) is 11.5 Å². The van der Waals surface area contributed by atoms with Gasteiger partial charge in [0, 0.05) is 7.11 Å². The van der Waals surface area contributed by atoms with Gasteiger partial charge in [0.25, 0.3) is 0 Å². The van der Waals surface area contributed by atoms with Gasteiger partial charge in [0.05, 0.1) is 18.3 Å². The van der Waals surface area contributed by atoms with E-state index in [4.69, 9.17) is 18.6 Å². The smallest absolute Gasteiger partial charge is 0.244 e. The highest BCUT2D eigenvalue weighted by molar-refractivity contribution is 6.74. The first kappa shape index (κ1) is 24.2. The second kappa shape index (κ2) is 8.56. The molecule has 0 aromatic carbocycles. The predicted octanol–water partition coefficient (Wildman–Crippen LogP) is 5.52. The van der Waals surface area contributed by atoms with Gasteiger partial charge in [-0.3, -0.25) is 4.79 Å². The van der Waals surface area contributed by atoms with Gasteiger partial charge in [-0.1, -0.05) is 26.8 Å². The van der Waals surface area contributed by atoms with Gasteiger partial charge in [0.1, 0.15) is 0 Å². The molecule has 0 heterocycles. The summed E-state index contributed by atoms with van der Waals surface area (Å²) in [4.78, 5) is 13.7. The van der Waals surface area contributed by atoms with Crippen molar-refractivity contribution in [3.8, 4) is 0 Å². The summed E-state index contributed by atoms with van der Waals surface area (Å²) < 4.78 is 24.6. The summed E-state index contributed by atoms with van der Waals surface area (Å²) in [6, 6.07) is 0. The fourth-order valence-corrected chi connectivity index (χ4v) is 4.92. The van der Waals surface area contributed by atoms with Gasteiger partial charge in [-0.15, -0.1) is 0 Å². The lowest BCUT2D eigenvalue weighted by Gasteiger charge is -2.51. The topological polar surface area (TPSA) is 54.0 Å². The molecular weight excluding hydrogens is 384 g/mol. The van der Waals surface area contributed by atoms with E-state index < -0.39 is 13.9 Å². The van der Waals surface area contributed by atoms with Gasteiger partial charge in [0.15, 0.2) is 14.1 Å². The molecule has 0 N–H and O–H groups in total. The monoisotopic (exact) mass is 424 g/mol. The highest BCUT2D eigenvalue weighted by Gasteiger charge is 2.64. The summed E-state index contributed by atoms with van der Waals surface area (Å²) in [5, 5.41) is -0.0479. The standard InChI is InChI=1S/C23H40O5Si/c1-15(2)26-19-20(24)23(21(19)27-16(3)4,28-29(9,10)22(5,6)7)17-12-11-13-18(14-17)25-8/h14-16,18H,11-13H2,1-10H3. The van der Waals surface area contributed by atoms with Gasteiger partial charge in [-0.25, -0.2) is 0 Å². The van der Waals surface area contributed by atoms with Crippen molar-refractivity contribution in [2.45, 2.75) is 110 Å². The number of hydrogen-bond acceptors (Lipinski definition) is 5. The number of Topliss-reactive ketones (excluding diaryl/α,β-unsaturated/α-hetero) is 1. The normalized spacial score (nSPS) is 26.0. The van der Waals surface area contributed by atoms with Crippen LogP contribution in [0.25, 0.3) is 0 Å². The van der Waals surface area contributed by atoms with Gasteiger partial charge in [-0.2, -0.15) is 0 Å². The van der Waals surface area contributed by atoms with Crippen LogP contribution in [0.5, 0.6) is 0 Å². The Morgan fingerprint density at radius 2 is 1.69 bits per heavy atom. The molecule has 0 aromatic heterocycles. The first-order chi connectivity index (χ1) is 13.3. The number of methoxy groups -OCH3 is 1. The lowest BCUT2D eigenvalue weighted by Crippen LogP contribution is -2.62. The first-order valence-corrected chi connectivity index (χ1v) is 13.7. The number of carbonyl (C=O) groups excluding carboxylic acids is 1. The molecule has 2 unspecified atom stereocenters. The van der Waals surface area contributed by atoms with E-state index in [-0.39, 0.29) is 29.1 Å². The summed E-state index contributed by atoms with van der Waals surface area (Å²) in [5.74, 6) is 0.738. The molecule has 0 saturated carbocycles. The van der Waals surface area contributed by atoms with E-state index in [2.05, 4.69) is 39.9 Å². The molecule has 0 saturated heterocycles. The first-order valence-electron chi connectivity index (χ1n) is 10.8. The Morgan fingerprint density at radius 3 is 2.17 bits per heavy atom. The van der Waals surface area contributed by atoms with Crippen molar-refractivity contribution < 1.29 is 23.4 Å². The average molecular weight is 425 g/mol. The second-order valence-electron chi connectivity index (χ2n) is 10.2. The molecule has 0 aliphatic heterocycles. The molecule has 29 heavy (non-hydrogen) atoms. The zero-order chi connectivity index (χ0) is 22.2. The highest BCUT2D eigenvalue weighted by Crippen LogP contribution is 2.52. The van der Waals surface area contributed by atoms with Crippen LogP contribution in [0.3, 0.4) is 0 Å². The van der Waals surface area contributed by atoms with Crippen LogP contribution in [0, 0.1) is 0 Å². The predicted molar refractivity (Wildman–Crippen MR) is 118 cm³/mol. The Hall–Kier alpha value is -1.11. The van der Waals surface area contributed by atoms with Crippen molar-refractivity contribution in [1.29, 1.82) is 0 Å². The minimum absolute atomic E-state index is 0.0122. The van der Waals surface area contributed by atoms with Crippen molar-refractivity contribution in [2.24, 2.45) is 0 Å². The van der Waals surface area contributed by atoms with Crippen molar-refractivity contribution in [1.82, 2.24) is 0 Å². The fraction of sp³-hybridized carbons (Fsp3) is 0.783. The maximum Gasteiger partial charge on any atom is 0.244 e. The van der Waals surface area contributed by atoms with Crippen LogP contribution in [-0.2, 0) is 23.4 Å². The lowest BCUT2D eigenvalue weighted by atomic mass is 9.73. The molecular formula is C23H40O5Si. The molecule has 5 nitrogen and oxygen atoms in total. The zero-order valence-electron chi connectivity index (χ0n) is 20.0. The molecule has 0 spiro atoms. The minimum Gasteiger partial charge on any atom is -0.487 e. The number of rotatable bonds is 8. The summed E-state index contributed by atoms with van der Waals surface area (Å²) in [6.45, 7) is 18.7. The molecule has 2 aliphatic carbocycles. The Labute approximate surface area is 177 Å². The van der Waals surface area contributed by atoms with Gasteiger partial charge in [-0.05, 0) is 70.7 Å². The third-order valence-electron chi connectivity index (χ3n) is 6.05. The molecule has 166 valence electrons. The Balaban J connectivity index is 2.65. The number of ketones is 1. The van der Waals surface area contributed by atoms with Crippen molar-refractivity contribution in [2.75, 3.05) is 7.11 Å². The van der Waals surface area contributed by atoms with Crippen molar-refractivity contribution >= 4 is 14.1 Å². The van der Waals surface area contributed by atoms with Crippen molar-refractivity contribution in [3.63, 3.8) is 0 Å². The minimum atomic E-state index is -2.30. The number of ether oxygens (including phenoxy) is 3. The third kappa shape index (κ3) is 4.64. The molecule has 2 aliphatic rings.